The van der Waals surface area contributed by atoms with Crippen molar-refractivity contribution in [3.8, 4) is 0 Å². The van der Waals surface area contributed by atoms with Gasteiger partial charge in [0.05, 0.1) is 5.56 Å². The zero-order valence-electron chi connectivity index (χ0n) is 10.2. The number of nitrogens with zero attached hydrogens (tertiary/aromatic N) is 1. The van der Waals surface area contributed by atoms with Gasteiger partial charge in [-0.2, -0.15) is 0 Å². The van der Waals surface area contributed by atoms with E-state index >= 15 is 0 Å². The fourth-order valence-corrected chi connectivity index (χ4v) is 1.84. The van der Waals surface area contributed by atoms with Crippen LogP contribution in [0.1, 0.15) is 10.4 Å². The molecule has 90 valence electrons. The van der Waals surface area contributed by atoms with Crippen LogP contribution < -0.4 is 5.32 Å². The second-order valence-electron chi connectivity index (χ2n) is 4.08. The van der Waals surface area contributed by atoms with Crippen molar-refractivity contribution in [3.63, 3.8) is 0 Å². The lowest BCUT2D eigenvalue weighted by atomic mass is 10.1. The van der Waals surface area contributed by atoms with Crippen LogP contribution >= 0.6 is 0 Å². The molecule has 0 spiro atoms. The molecular weight excluding hydrogens is 214 g/mol. The summed E-state index contributed by atoms with van der Waals surface area (Å²) in [6.07, 6.45) is 1.78. The van der Waals surface area contributed by atoms with Crippen molar-refractivity contribution >= 4 is 16.8 Å². The Morgan fingerprint density at radius 3 is 2.94 bits per heavy atom. The van der Waals surface area contributed by atoms with Crippen molar-refractivity contribution in [2.75, 3.05) is 27.2 Å². The first kappa shape index (κ1) is 11.7. The molecule has 0 aliphatic heterocycles. The number of benzene rings is 1. The summed E-state index contributed by atoms with van der Waals surface area (Å²) in [5.41, 5.74) is 1.73. The lowest BCUT2D eigenvalue weighted by molar-refractivity contribution is 0.0799. The molecule has 1 aromatic carbocycles. The number of fused-ring (bicyclic) bond motifs is 1. The van der Waals surface area contributed by atoms with Gasteiger partial charge in [-0.1, -0.05) is 18.2 Å². The maximum Gasteiger partial charge on any atom is 0.255 e. The lowest BCUT2D eigenvalue weighted by Gasteiger charge is -2.16. The summed E-state index contributed by atoms with van der Waals surface area (Å²) < 4.78 is 0. The number of carbonyl (C=O) groups is 1. The van der Waals surface area contributed by atoms with E-state index in [-0.39, 0.29) is 5.91 Å². The molecule has 17 heavy (non-hydrogen) atoms. The van der Waals surface area contributed by atoms with Crippen molar-refractivity contribution in [2.45, 2.75) is 0 Å². The van der Waals surface area contributed by atoms with Gasteiger partial charge in [0.15, 0.2) is 0 Å². The second-order valence-corrected chi connectivity index (χ2v) is 4.08. The van der Waals surface area contributed by atoms with Gasteiger partial charge in [-0.3, -0.25) is 4.79 Å². The largest absolute Gasteiger partial charge is 0.360 e. The predicted molar refractivity (Wildman–Crippen MR) is 69.2 cm³/mol. The molecule has 2 rings (SSSR count). The van der Waals surface area contributed by atoms with E-state index in [1.807, 2.05) is 38.4 Å². The third kappa shape index (κ3) is 2.31. The van der Waals surface area contributed by atoms with E-state index in [2.05, 4.69) is 10.3 Å². The van der Waals surface area contributed by atoms with E-state index < -0.39 is 0 Å². The molecule has 1 heterocycles. The van der Waals surface area contributed by atoms with Gasteiger partial charge in [-0.15, -0.1) is 0 Å². The van der Waals surface area contributed by atoms with Crippen LogP contribution in [0, 0.1) is 0 Å². The highest BCUT2D eigenvalue weighted by molar-refractivity contribution is 6.06. The minimum absolute atomic E-state index is 0.0534. The number of hydrogen-bond donors (Lipinski definition) is 2. The van der Waals surface area contributed by atoms with E-state index in [1.54, 1.807) is 11.1 Å². The molecule has 4 nitrogen and oxygen atoms in total. The van der Waals surface area contributed by atoms with Crippen LogP contribution in [0.25, 0.3) is 10.9 Å². The van der Waals surface area contributed by atoms with E-state index in [0.717, 1.165) is 23.0 Å². The van der Waals surface area contributed by atoms with Gasteiger partial charge < -0.3 is 15.2 Å². The van der Waals surface area contributed by atoms with Crippen LogP contribution in [0.2, 0.25) is 0 Å². The summed E-state index contributed by atoms with van der Waals surface area (Å²) in [6, 6.07) is 7.84. The zero-order valence-corrected chi connectivity index (χ0v) is 10.2. The molecular formula is C13H17N3O. The summed E-state index contributed by atoms with van der Waals surface area (Å²) in [5, 5.41) is 4.01. The Hall–Kier alpha value is -1.81. The molecule has 0 bridgehead atoms. The number of para-hydroxylation sites is 1. The molecule has 2 N–H and O–H groups in total. The van der Waals surface area contributed by atoms with Gasteiger partial charge in [0.1, 0.15) is 0 Å². The molecule has 0 unspecified atom stereocenters. The lowest BCUT2D eigenvalue weighted by Crippen LogP contribution is -2.32. The number of carbonyl (C=O) groups excluding carboxylic acids is 1. The Bertz CT molecular complexity index is 518. The van der Waals surface area contributed by atoms with E-state index in [0.29, 0.717) is 6.54 Å². The minimum atomic E-state index is 0.0534. The van der Waals surface area contributed by atoms with Crippen LogP contribution in [0.4, 0.5) is 0 Å². The first-order chi connectivity index (χ1) is 8.24. The molecule has 4 heteroatoms. The van der Waals surface area contributed by atoms with Gasteiger partial charge in [0.25, 0.3) is 5.91 Å². The number of H-pyrrole nitrogens is 1. The minimum Gasteiger partial charge on any atom is -0.360 e. The molecule has 1 aromatic heterocycles. The third-order valence-corrected chi connectivity index (χ3v) is 2.86. The molecule has 0 fully saturated rings. The second kappa shape index (κ2) is 5.01. The van der Waals surface area contributed by atoms with E-state index in [1.165, 1.54) is 0 Å². The highest BCUT2D eigenvalue weighted by atomic mass is 16.2. The number of aromatic nitrogens is 1. The maximum absolute atomic E-state index is 12.2. The molecule has 2 aromatic rings. The third-order valence-electron chi connectivity index (χ3n) is 2.86. The fourth-order valence-electron chi connectivity index (χ4n) is 1.84. The van der Waals surface area contributed by atoms with Gasteiger partial charge >= 0.3 is 0 Å². The van der Waals surface area contributed by atoms with Gasteiger partial charge in [-0.05, 0) is 13.1 Å². The summed E-state index contributed by atoms with van der Waals surface area (Å²) in [7, 11) is 3.70. The number of likely N-dealkylation sites (N-methyl/N-ethyl adjacent to an activating group) is 2. The van der Waals surface area contributed by atoms with Crippen LogP contribution in [0.15, 0.2) is 30.5 Å². The van der Waals surface area contributed by atoms with Crippen LogP contribution in [0.3, 0.4) is 0 Å². The molecule has 1 amide bonds. The Balaban J connectivity index is 2.24. The number of aromatic amines is 1. The Kier molecular flexibility index (Phi) is 3.44. The Morgan fingerprint density at radius 1 is 1.41 bits per heavy atom. The molecule has 0 radical (unpaired) electrons. The normalized spacial score (nSPS) is 10.7. The quantitative estimate of drug-likeness (QED) is 0.837. The Morgan fingerprint density at radius 2 is 2.18 bits per heavy atom. The van der Waals surface area contributed by atoms with Crippen molar-refractivity contribution in [3.05, 3.63) is 36.0 Å². The first-order valence-corrected chi connectivity index (χ1v) is 5.70. The molecule has 0 atom stereocenters. The fraction of sp³-hybridized carbons (Fsp3) is 0.308. The Labute approximate surface area is 101 Å². The van der Waals surface area contributed by atoms with Crippen LogP contribution in [-0.2, 0) is 0 Å². The summed E-state index contributed by atoms with van der Waals surface area (Å²) in [6.45, 7) is 1.50. The number of nitrogens with one attached hydrogen (secondary N) is 2. The van der Waals surface area contributed by atoms with Crippen molar-refractivity contribution in [1.29, 1.82) is 0 Å². The highest BCUT2D eigenvalue weighted by Crippen LogP contribution is 2.18. The SMILES string of the molecule is CNCCN(C)C(=O)c1c[nH]c2ccccc12. The molecule has 0 aliphatic rings. The van der Waals surface area contributed by atoms with Gasteiger partial charge in [-0.25, -0.2) is 0 Å². The summed E-state index contributed by atoms with van der Waals surface area (Å²) in [4.78, 5) is 17.0. The maximum atomic E-state index is 12.2. The smallest absolute Gasteiger partial charge is 0.255 e. The van der Waals surface area contributed by atoms with Crippen molar-refractivity contribution in [2.24, 2.45) is 0 Å². The van der Waals surface area contributed by atoms with Crippen LogP contribution in [-0.4, -0.2) is 43.0 Å². The summed E-state index contributed by atoms with van der Waals surface area (Å²) in [5.74, 6) is 0.0534. The van der Waals surface area contributed by atoms with Crippen LogP contribution in [0.5, 0.6) is 0 Å². The van der Waals surface area contributed by atoms with E-state index in [4.69, 9.17) is 0 Å². The van der Waals surface area contributed by atoms with Crippen molar-refractivity contribution < 1.29 is 4.79 Å². The molecule has 0 saturated heterocycles. The average Bonchev–Trinajstić information content (AvgIpc) is 2.78. The predicted octanol–water partition coefficient (Wildman–Crippen LogP) is 1.46. The first-order valence-electron chi connectivity index (χ1n) is 5.70. The van der Waals surface area contributed by atoms with Gasteiger partial charge in [0.2, 0.25) is 0 Å². The monoisotopic (exact) mass is 231 g/mol. The number of rotatable bonds is 4. The molecule has 0 aliphatic carbocycles. The molecule has 0 saturated carbocycles. The average molecular weight is 231 g/mol. The topological polar surface area (TPSA) is 48.1 Å². The zero-order chi connectivity index (χ0) is 12.3. The number of amides is 1. The highest BCUT2D eigenvalue weighted by Gasteiger charge is 2.15. The standard InChI is InChI=1S/C13H17N3O/c1-14-7-8-16(2)13(17)11-9-15-12-6-4-3-5-10(11)12/h3-6,9,14-15H,7-8H2,1-2H3. The van der Waals surface area contributed by atoms with Crippen molar-refractivity contribution in [1.82, 2.24) is 15.2 Å². The van der Waals surface area contributed by atoms with Gasteiger partial charge in [0, 0.05) is 37.2 Å². The van der Waals surface area contributed by atoms with E-state index in [9.17, 15) is 4.79 Å². The number of hydrogen-bond acceptors (Lipinski definition) is 2. The summed E-state index contributed by atoms with van der Waals surface area (Å²) >= 11 is 0.